The van der Waals surface area contributed by atoms with Gasteiger partial charge in [-0.15, -0.1) is 0 Å². The van der Waals surface area contributed by atoms with Crippen LogP contribution in [-0.2, 0) is 0 Å². The molecule has 0 saturated heterocycles. The Morgan fingerprint density at radius 1 is 1.35 bits per heavy atom. The summed E-state index contributed by atoms with van der Waals surface area (Å²) >= 11 is 0. The number of anilines is 1. The molecule has 0 aliphatic heterocycles. The number of hydrogen-bond acceptors (Lipinski definition) is 5. The molecule has 0 aliphatic carbocycles. The Morgan fingerprint density at radius 2 is 2.12 bits per heavy atom. The van der Waals surface area contributed by atoms with Crippen molar-refractivity contribution in [2.45, 2.75) is 13.8 Å². The molecule has 5 heteroatoms. The largest absolute Gasteiger partial charge is 0.382 e. The summed E-state index contributed by atoms with van der Waals surface area (Å²) in [6.07, 6.45) is 3.20. The van der Waals surface area contributed by atoms with Crippen LogP contribution in [0.4, 0.5) is 5.82 Å². The Balaban J connectivity index is 2.52. The molecule has 2 aromatic rings. The Kier molecular flexibility index (Phi) is 2.82. The number of rotatable bonds is 2. The van der Waals surface area contributed by atoms with Gasteiger partial charge in [0, 0.05) is 13.1 Å². The predicted octanol–water partition coefficient (Wildman–Crippen LogP) is 1.63. The summed E-state index contributed by atoms with van der Waals surface area (Å²) in [4.78, 5) is 23.6. The minimum absolute atomic E-state index is 0.139. The average molecular weight is 228 g/mol. The molecular formula is C12H12N4O. The zero-order valence-corrected chi connectivity index (χ0v) is 9.64. The van der Waals surface area contributed by atoms with Gasteiger partial charge in [0.1, 0.15) is 11.4 Å². The SMILES string of the molecule is CC(=O)c1ncc(-c2ncccc2C)nc1N. The average Bonchev–Trinajstić information content (AvgIpc) is 2.29. The Labute approximate surface area is 98.7 Å². The standard InChI is InChI=1S/C12H12N4O/c1-7-4-3-5-14-10(7)9-6-15-11(8(2)17)12(13)16-9/h3-6H,1-2H3,(H2,13,16). The predicted molar refractivity (Wildman–Crippen MR) is 64.4 cm³/mol. The van der Waals surface area contributed by atoms with Crippen molar-refractivity contribution in [2.75, 3.05) is 5.73 Å². The summed E-state index contributed by atoms with van der Waals surface area (Å²) in [5.41, 5.74) is 8.17. The zero-order valence-electron chi connectivity index (χ0n) is 9.64. The maximum Gasteiger partial charge on any atom is 0.181 e. The molecule has 17 heavy (non-hydrogen) atoms. The molecule has 0 aromatic carbocycles. The van der Waals surface area contributed by atoms with Gasteiger partial charge in [0.25, 0.3) is 0 Å². The monoisotopic (exact) mass is 228 g/mol. The van der Waals surface area contributed by atoms with Gasteiger partial charge in [0.05, 0.1) is 11.9 Å². The van der Waals surface area contributed by atoms with Gasteiger partial charge in [0.2, 0.25) is 0 Å². The number of nitrogens with zero attached hydrogens (tertiary/aromatic N) is 3. The fourth-order valence-electron chi connectivity index (χ4n) is 1.54. The van der Waals surface area contributed by atoms with Crippen LogP contribution in [0, 0.1) is 6.92 Å². The summed E-state index contributed by atoms with van der Waals surface area (Å²) in [5, 5.41) is 0. The highest BCUT2D eigenvalue weighted by molar-refractivity contribution is 5.96. The molecule has 5 nitrogen and oxygen atoms in total. The first-order valence-corrected chi connectivity index (χ1v) is 5.15. The van der Waals surface area contributed by atoms with E-state index in [1.54, 1.807) is 6.20 Å². The Morgan fingerprint density at radius 3 is 2.71 bits per heavy atom. The molecule has 0 amide bonds. The Hall–Kier alpha value is -2.30. The first kappa shape index (κ1) is 11.2. The van der Waals surface area contributed by atoms with E-state index in [4.69, 9.17) is 5.73 Å². The van der Waals surface area contributed by atoms with Crippen LogP contribution >= 0.6 is 0 Å². The smallest absolute Gasteiger partial charge is 0.181 e. The second-order valence-electron chi connectivity index (χ2n) is 3.71. The number of pyridine rings is 1. The van der Waals surface area contributed by atoms with E-state index in [-0.39, 0.29) is 17.3 Å². The van der Waals surface area contributed by atoms with Crippen molar-refractivity contribution < 1.29 is 4.79 Å². The number of ketones is 1. The number of nitrogen functional groups attached to an aromatic ring is 1. The van der Waals surface area contributed by atoms with Crippen LogP contribution in [0.3, 0.4) is 0 Å². The molecule has 0 fully saturated rings. The molecule has 0 unspecified atom stereocenters. The van der Waals surface area contributed by atoms with Crippen molar-refractivity contribution in [3.8, 4) is 11.4 Å². The van der Waals surface area contributed by atoms with Crippen molar-refractivity contribution in [1.82, 2.24) is 15.0 Å². The Bertz CT molecular complexity index is 580. The van der Waals surface area contributed by atoms with Gasteiger partial charge in [-0.25, -0.2) is 9.97 Å². The van der Waals surface area contributed by atoms with Crippen LogP contribution in [0.15, 0.2) is 24.5 Å². The first-order valence-electron chi connectivity index (χ1n) is 5.15. The van der Waals surface area contributed by atoms with Crippen LogP contribution in [-0.4, -0.2) is 20.7 Å². The van der Waals surface area contributed by atoms with Gasteiger partial charge in [-0.05, 0) is 18.6 Å². The number of Topliss-reactive ketones (excluding diaryl/α,β-unsaturated/α-hetero) is 1. The maximum absolute atomic E-state index is 11.2. The fraction of sp³-hybridized carbons (Fsp3) is 0.167. The van der Waals surface area contributed by atoms with E-state index < -0.39 is 0 Å². The normalized spacial score (nSPS) is 10.2. The van der Waals surface area contributed by atoms with Crippen LogP contribution in [0.2, 0.25) is 0 Å². The van der Waals surface area contributed by atoms with E-state index in [9.17, 15) is 4.79 Å². The van der Waals surface area contributed by atoms with Crippen molar-refractivity contribution in [1.29, 1.82) is 0 Å². The number of hydrogen-bond donors (Lipinski definition) is 1. The lowest BCUT2D eigenvalue weighted by atomic mass is 10.1. The van der Waals surface area contributed by atoms with Gasteiger partial charge in [-0.2, -0.15) is 0 Å². The van der Waals surface area contributed by atoms with Crippen molar-refractivity contribution in [3.05, 3.63) is 35.8 Å². The van der Waals surface area contributed by atoms with Gasteiger partial charge < -0.3 is 5.73 Å². The lowest BCUT2D eigenvalue weighted by molar-refractivity contribution is 0.101. The number of carbonyl (C=O) groups is 1. The van der Waals surface area contributed by atoms with Crippen LogP contribution < -0.4 is 5.73 Å². The molecule has 2 N–H and O–H groups in total. The molecular weight excluding hydrogens is 216 g/mol. The van der Waals surface area contributed by atoms with Crippen LogP contribution in [0.25, 0.3) is 11.4 Å². The third-order valence-electron chi connectivity index (χ3n) is 2.39. The molecule has 0 atom stereocenters. The van der Waals surface area contributed by atoms with Crippen LogP contribution in [0.1, 0.15) is 23.0 Å². The minimum Gasteiger partial charge on any atom is -0.382 e. The molecule has 0 radical (unpaired) electrons. The molecule has 2 rings (SSSR count). The van der Waals surface area contributed by atoms with Crippen molar-refractivity contribution >= 4 is 11.6 Å². The van der Waals surface area contributed by atoms with E-state index in [0.717, 1.165) is 11.3 Å². The quantitative estimate of drug-likeness (QED) is 0.790. The van der Waals surface area contributed by atoms with Gasteiger partial charge in [-0.3, -0.25) is 9.78 Å². The van der Waals surface area contributed by atoms with Gasteiger partial charge in [-0.1, -0.05) is 6.07 Å². The van der Waals surface area contributed by atoms with E-state index in [0.29, 0.717) is 5.69 Å². The summed E-state index contributed by atoms with van der Waals surface area (Å²) in [7, 11) is 0. The summed E-state index contributed by atoms with van der Waals surface area (Å²) in [6, 6.07) is 3.78. The van der Waals surface area contributed by atoms with E-state index >= 15 is 0 Å². The van der Waals surface area contributed by atoms with Crippen LogP contribution in [0.5, 0.6) is 0 Å². The zero-order chi connectivity index (χ0) is 12.4. The third-order valence-corrected chi connectivity index (χ3v) is 2.39. The van der Waals surface area contributed by atoms with E-state index in [1.165, 1.54) is 13.1 Å². The molecule has 2 heterocycles. The van der Waals surface area contributed by atoms with E-state index in [1.807, 2.05) is 19.1 Å². The second kappa shape index (κ2) is 4.29. The molecule has 86 valence electrons. The number of carbonyl (C=O) groups excluding carboxylic acids is 1. The fourth-order valence-corrected chi connectivity index (χ4v) is 1.54. The highest BCUT2D eigenvalue weighted by atomic mass is 16.1. The number of nitrogens with two attached hydrogens (primary N) is 1. The lowest BCUT2D eigenvalue weighted by Crippen LogP contribution is -2.06. The minimum atomic E-state index is -0.195. The third kappa shape index (κ3) is 2.13. The highest BCUT2D eigenvalue weighted by Crippen LogP contribution is 2.19. The molecule has 0 aliphatic rings. The lowest BCUT2D eigenvalue weighted by Gasteiger charge is -2.05. The van der Waals surface area contributed by atoms with Crippen molar-refractivity contribution in [2.24, 2.45) is 0 Å². The molecule has 0 spiro atoms. The second-order valence-corrected chi connectivity index (χ2v) is 3.71. The topological polar surface area (TPSA) is 81.8 Å². The van der Waals surface area contributed by atoms with Crippen molar-refractivity contribution in [3.63, 3.8) is 0 Å². The van der Waals surface area contributed by atoms with Gasteiger partial charge >= 0.3 is 0 Å². The summed E-state index contributed by atoms with van der Waals surface area (Å²) in [6.45, 7) is 3.34. The summed E-state index contributed by atoms with van der Waals surface area (Å²) in [5.74, 6) is -0.0562. The van der Waals surface area contributed by atoms with E-state index in [2.05, 4.69) is 15.0 Å². The molecule has 0 bridgehead atoms. The number of aryl methyl sites for hydroxylation is 1. The number of aromatic nitrogens is 3. The summed E-state index contributed by atoms with van der Waals surface area (Å²) < 4.78 is 0. The first-order chi connectivity index (χ1) is 8.09. The molecule has 0 saturated carbocycles. The van der Waals surface area contributed by atoms with Gasteiger partial charge in [0.15, 0.2) is 11.6 Å². The molecule has 2 aromatic heterocycles. The highest BCUT2D eigenvalue weighted by Gasteiger charge is 2.11. The maximum atomic E-state index is 11.2.